The number of rotatable bonds is 35. The first-order valence-electron chi connectivity index (χ1n) is 23.7. The molecule has 0 radical (unpaired) electrons. The molecule has 0 aromatic carbocycles. The molecule has 2 saturated heterocycles. The molecule has 0 aromatic heterocycles. The second-order valence-corrected chi connectivity index (χ2v) is 16.9. The van der Waals surface area contributed by atoms with Crippen molar-refractivity contribution < 1.29 is 64.6 Å². The number of carbonyl (C=O) groups excluding carboxylic acids is 1. The molecular weight excluding hydrogens is 787 g/mol. The van der Waals surface area contributed by atoms with Crippen LogP contribution in [0.5, 0.6) is 0 Å². The Kier molecular flexibility index (Phi) is 31.4. The van der Waals surface area contributed by atoms with Crippen LogP contribution in [0.2, 0.25) is 0 Å². The van der Waals surface area contributed by atoms with Crippen LogP contribution in [-0.2, 0) is 23.7 Å². The minimum atomic E-state index is -1.79. The molecule has 0 aromatic rings. The maximum atomic E-state index is 13.1. The highest BCUT2D eigenvalue weighted by atomic mass is 16.7. The first kappa shape index (κ1) is 55.3. The molecule has 356 valence electrons. The summed E-state index contributed by atoms with van der Waals surface area (Å²) in [5.74, 6) is -0.250. The Morgan fingerprint density at radius 1 is 0.590 bits per heavy atom. The van der Waals surface area contributed by atoms with Gasteiger partial charge in [-0.3, -0.25) is 4.79 Å². The van der Waals surface area contributed by atoms with Gasteiger partial charge in [-0.05, 0) is 51.4 Å². The van der Waals surface area contributed by atoms with Gasteiger partial charge in [0.25, 0.3) is 0 Å². The van der Waals surface area contributed by atoms with E-state index in [-0.39, 0.29) is 18.9 Å². The molecule has 0 aliphatic carbocycles. The number of hydrogen-bond donors (Lipinski definition) is 9. The third kappa shape index (κ3) is 22.6. The molecule has 0 saturated carbocycles. The lowest BCUT2D eigenvalue weighted by Crippen LogP contribution is -2.65. The monoisotopic (exact) mass is 872 g/mol. The van der Waals surface area contributed by atoms with E-state index in [1.165, 1.54) is 77.0 Å². The minimum absolute atomic E-state index is 0.250. The van der Waals surface area contributed by atoms with Crippen LogP contribution in [0.4, 0.5) is 0 Å². The van der Waals surface area contributed by atoms with Crippen LogP contribution in [0.3, 0.4) is 0 Å². The van der Waals surface area contributed by atoms with Crippen molar-refractivity contribution in [3.05, 3.63) is 36.5 Å². The van der Waals surface area contributed by atoms with Gasteiger partial charge in [-0.15, -0.1) is 0 Å². The standard InChI is InChI=1S/C47H85NO13/c1-3-5-7-9-11-13-14-15-16-17-18-19-20-21-22-23-25-27-29-31-39(52)48-35(36(51)30-28-26-24-12-10-8-6-4-2)34-58-46-44(57)42(55)45(38(33-50)60-46)61-47-43(56)41(54)40(53)37(32-49)59-47/h11,13,15-16,28,30,35-38,40-47,49-51,53-57H,3-10,12,14,17-27,29,31-34H2,1-2H3,(H,48,52)/b13-11-,16-15-,30-28+. The van der Waals surface area contributed by atoms with Gasteiger partial charge in [-0.1, -0.05) is 140 Å². The molecule has 2 rings (SSSR count). The zero-order valence-electron chi connectivity index (χ0n) is 37.4. The number of carbonyl (C=O) groups is 1. The van der Waals surface area contributed by atoms with Crippen LogP contribution in [0.1, 0.15) is 162 Å². The largest absolute Gasteiger partial charge is 0.394 e. The van der Waals surface area contributed by atoms with Crippen LogP contribution in [0.25, 0.3) is 0 Å². The highest BCUT2D eigenvalue weighted by Gasteiger charge is 2.50. The summed E-state index contributed by atoms with van der Waals surface area (Å²) < 4.78 is 22.6. The Balaban J connectivity index is 1.81. The van der Waals surface area contributed by atoms with Crippen LogP contribution >= 0.6 is 0 Å². The van der Waals surface area contributed by atoms with E-state index in [2.05, 4.69) is 43.5 Å². The number of allylic oxidation sites excluding steroid dienone is 5. The molecule has 2 aliphatic rings. The predicted molar refractivity (Wildman–Crippen MR) is 235 cm³/mol. The van der Waals surface area contributed by atoms with Crippen molar-refractivity contribution in [1.29, 1.82) is 0 Å². The maximum absolute atomic E-state index is 13.1. The summed E-state index contributed by atoms with van der Waals surface area (Å²) in [5, 5.41) is 86.3. The number of amides is 1. The Morgan fingerprint density at radius 3 is 1.67 bits per heavy atom. The number of nitrogens with one attached hydrogen (secondary N) is 1. The topological polar surface area (TPSA) is 228 Å². The molecule has 2 fully saturated rings. The molecule has 12 unspecified atom stereocenters. The third-order valence-electron chi connectivity index (χ3n) is 11.6. The molecule has 2 aliphatic heterocycles. The Labute approximate surface area is 366 Å². The van der Waals surface area contributed by atoms with Crippen molar-refractivity contribution in [3.63, 3.8) is 0 Å². The fourth-order valence-corrected chi connectivity index (χ4v) is 7.61. The Hall–Kier alpha value is -1.79. The third-order valence-corrected chi connectivity index (χ3v) is 11.6. The highest BCUT2D eigenvalue weighted by molar-refractivity contribution is 5.76. The van der Waals surface area contributed by atoms with Crippen molar-refractivity contribution in [2.45, 2.75) is 235 Å². The Morgan fingerprint density at radius 2 is 1.08 bits per heavy atom. The van der Waals surface area contributed by atoms with E-state index in [4.69, 9.17) is 18.9 Å². The van der Waals surface area contributed by atoms with Gasteiger partial charge < -0.3 is 65.1 Å². The van der Waals surface area contributed by atoms with Crippen LogP contribution in [0.15, 0.2) is 36.5 Å². The first-order valence-corrected chi connectivity index (χ1v) is 23.7. The summed E-state index contributed by atoms with van der Waals surface area (Å²) in [7, 11) is 0. The summed E-state index contributed by atoms with van der Waals surface area (Å²) in [6.07, 6.45) is 20.6. The lowest BCUT2D eigenvalue weighted by Gasteiger charge is -2.46. The zero-order valence-corrected chi connectivity index (χ0v) is 37.4. The molecule has 14 nitrogen and oxygen atoms in total. The SMILES string of the molecule is CCCCC/C=C\C/C=C\CCCCCCCCCCCC(=O)NC(COC1OC(CO)C(OC2OC(CO)C(O)C(O)C2O)C(O)C1O)C(O)/C=C/CCCCCCCC. The van der Waals surface area contributed by atoms with E-state index in [0.717, 1.165) is 57.8 Å². The smallest absolute Gasteiger partial charge is 0.220 e. The second-order valence-electron chi connectivity index (χ2n) is 16.9. The van der Waals surface area contributed by atoms with Gasteiger partial charge in [-0.25, -0.2) is 0 Å². The van der Waals surface area contributed by atoms with Gasteiger partial charge in [-0.2, -0.15) is 0 Å². The van der Waals surface area contributed by atoms with E-state index in [9.17, 15) is 45.6 Å². The lowest BCUT2D eigenvalue weighted by molar-refractivity contribution is -0.359. The molecule has 9 N–H and O–H groups in total. The van der Waals surface area contributed by atoms with Gasteiger partial charge in [0, 0.05) is 6.42 Å². The quantitative estimate of drug-likeness (QED) is 0.0297. The molecule has 0 bridgehead atoms. The van der Waals surface area contributed by atoms with Crippen molar-refractivity contribution in [1.82, 2.24) is 5.32 Å². The van der Waals surface area contributed by atoms with Gasteiger partial charge in [0.15, 0.2) is 12.6 Å². The molecule has 2 heterocycles. The normalized spacial score (nSPS) is 28.3. The predicted octanol–water partition coefficient (Wildman–Crippen LogP) is 5.15. The summed E-state index contributed by atoms with van der Waals surface area (Å²) in [6.45, 7) is 2.69. The average molecular weight is 872 g/mol. The van der Waals surface area contributed by atoms with E-state index >= 15 is 0 Å². The van der Waals surface area contributed by atoms with Gasteiger partial charge in [0.1, 0.15) is 48.8 Å². The number of aliphatic hydroxyl groups is 8. The van der Waals surface area contributed by atoms with E-state index in [1.54, 1.807) is 6.08 Å². The highest BCUT2D eigenvalue weighted by Crippen LogP contribution is 2.30. The van der Waals surface area contributed by atoms with Crippen LogP contribution in [-0.4, -0.2) is 140 Å². The molecule has 0 spiro atoms. The number of aliphatic hydroxyl groups excluding tert-OH is 8. The van der Waals surface area contributed by atoms with Gasteiger partial charge in [0.05, 0.1) is 32.0 Å². The number of hydrogen-bond acceptors (Lipinski definition) is 13. The Bertz CT molecular complexity index is 1170. The fourth-order valence-electron chi connectivity index (χ4n) is 7.61. The zero-order chi connectivity index (χ0) is 44.7. The summed E-state index contributed by atoms with van der Waals surface area (Å²) >= 11 is 0. The van der Waals surface area contributed by atoms with E-state index in [1.807, 2.05) is 6.08 Å². The number of ether oxygens (including phenoxy) is 4. The van der Waals surface area contributed by atoms with Crippen molar-refractivity contribution in [2.24, 2.45) is 0 Å². The van der Waals surface area contributed by atoms with E-state index < -0.39 is 86.8 Å². The molecule has 12 atom stereocenters. The number of unbranched alkanes of at least 4 members (excludes halogenated alkanes) is 18. The fraction of sp³-hybridized carbons (Fsp3) is 0.851. The van der Waals surface area contributed by atoms with Crippen molar-refractivity contribution in [2.75, 3.05) is 19.8 Å². The van der Waals surface area contributed by atoms with Crippen molar-refractivity contribution in [3.8, 4) is 0 Å². The van der Waals surface area contributed by atoms with Crippen LogP contribution in [0, 0.1) is 0 Å². The van der Waals surface area contributed by atoms with Gasteiger partial charge >= 0.3 is 0 Å². The summed E-state index contributed by atoms with van der Waals surface area (Å²) in [4.78, 5) is 13.1. The second kappa shape index (κ2) is 34.6. The van der Waals surface area contributed by atoms with Gasteiger partial charge in [0.2, 0.25) is 5.91 Å². The lowest BCUT2D eigenvalue weighted by atomic mass is 9.97. The van der Waals surface area contributed by atoms with E-state index in [0.29, 0.717) is 6.42 Å². The molecular formula is C47H85NO13. The summed E-state index contributed by atoms with van der Waals surface area (Å²) in [6, 6.07) is -0.912. The summed E-state index contributed by atoms with van der Waals surface area (Å²) in [5.41, 5.74) is 0. The molecule has 14 heteroatoms. The van der Waals surface area contributed by atoms with Crippen LogP contribution < -0.4 is 5.32 Å². The molecule has 1 amide bonds. The molecule has 61 heavy (non-hydrogen) atoms. The maximum Gasteiger partial charge on any atom is 0.220 e. The minimum Gasteiger partial charge on any atom is -0.394 e. The average Bonchev–Trinajstić information content (AvgIpc) is 3.26. The van der Waals surface area contributed by atoms with Crippen molar-refractivity contribution >= 4 is 5.91 Å². The first-order chi connectivity index (χ1) is 29.6.